The smallest absolute Gasteiger partial charge is 0.0226 e. The predicted molar refractivity (Wildman–Crippen MR) is 61.1 cm³/mol. The van der Waals surface area contributed by atoms with E-state index in [0.717, 1.165) is 5.92 Å². The molecule has 0 bridgehead atoms. The molecule has 1 saturated carbocycles. The van der Waals surface area contributed by atoms with Crippen molar-refractivity contribution >= 4 is 0 Å². The van der Waals surface area contributed by atoms with Crippen LogP contribution < -0.4 is 5.73 Å². The van der Waals surface area contributed by atoms with Crippen molar-refractivity contribution in [1.82, 2.24) is 0 Å². The quantitative estimate of drug-likeness (QED) is 0.668. The third-order valence-electron chi connectivity index (χ3n) is 3.76. The highest BCUT2D eigenvalue weighted by Crippen LogP contribution is 2.32. The molecule has 0 spiro atoms. The van der Waals surface area contributed by atoms with Gasteiger partial charge in [-0.3, -0.25) is 0 Å². The molecule has 0 saturated heterocycles. The molecule has 1 heteroatoms. The third-order valence-corrected chi connectivity index (χ3v) is 3.76. The second-order valence-corrected chi connectivity index (χ2v) is 5.09. The van der Waals surface area contributed by atoms with Crippen LogP contribution in [0.3, 0.4) is 0 Å². The van der Waals surface area contributed by atoms with Crippen LogP contribution in [0.15, 0.2) is 11.6 Å². The maximum absolute atomic E-state index is 6.02. The highest BCUT2D eigenvalue weighted by atomic mass is 14.6. The standard InChI is InChI=1S/C13H23N/c14-13-8-4-3-7-12(10-13)9-11-5-1-2-6-11/h10-11,13H,1-9,14H2. The van der Waals surface area contributed by atoms with Crippen molar-refractivity contribution < 1.29 is 0 Å². The zero-order chi connectivity index (χ0) is 9.80. The van der Waals surface area contributed by atoms with Crippen LogP contribution in [0.5, 0.6) is 0 Å². The Morgan fingerprint density at radius 2 is 1.79 bits per heavy atom. The molecule has 0 aromatic carbocycles. The Balaban J connectivity index is 1.87. The van der Waals surface area contributed by atoms with Gasteiger partial charge in [0.2, 0.25) is 0 Å². The summed E-state index contributed by atoms with van der Waals surface area (Å²) >= 11 is 0. The summed E-state index contributed by atoms with van der Waals surface area (Å²) in [7, 11) is 0. The Labute approximate surface area is 87.8 Å². The molecule has 2 aliphatic carbocycles. The number of rotatable bonds is 2. The maximum atomic E-state index is 6.02. The fourth-order valence-corrected chi connectivity index (χ4v) is 2.96. The summed E-state index contributed by atoms with van der Waals surface area (Å²) in [5.41, 5.74) is 7.69. The molecule has 0 aliphatic heterocycles. The van der Waals surface area contributed by atoms with Crippen LogP contribution in [0.1, 0.15) is 57.8 Å². The maximum Gasteiger partial charge on any atom is 0.0226 e. The average Bonchev–Trinajstić information content (AvgIpc) is 2.56. The van der Waals surface area contributed by atoms with Crippen molar-refractivity contribution in [2.75, 3.05) is 0 Å². The first-order chi connectivity index (χ1) is 6.84. The summed E-state index contributed by atoms with van der Waals surface area (Å²) in [6.45, 7) is 0. The third kappa shape index (κ3) is 2.84. The molecule has 1 atom stereocenters. The van der Waals surface area contributed by atoms with E-state index in [2.05, 4.69) is 6.08 Å². The van der Waals surface area contributed by atoms with Crippen LogP contribution >= 0.6 is 0 Å². The Bertz CT molecular complexity index is 201. The van der Waals surface area contributed by atoms with Gasteiger partial charge >= 0.3 is 0 Å². The summed E-state index contributed by atoms with van der Waals surface area (Å²) < 4.78 is 0. The van der Waals surface area contributed by atoms with Gasteiger partial charge in [0.15, 0.2) is 0 Å². The number of nitrogens with two attached hydrogens (primary N) is 1. The Kier molecular flexibility index (Phi) is 3.63. The van der Waals surface area contributed by atoms with Gasteiger partial charge in [0.1, 0.15) is 0 Å². The van der Waals surface area contributed by atoms with Crippen LogP contribution in [0.25, 0.3) is 0 Å². The summed E-state index contributed by atoms with van der Waals surface area (Å²) in [6.07, 6.45) is 14.8. The molecule has 1 nitrogen and oxygen atoms in total. The summed E-state index contributed by atoms with van der Waals surface area (Å²) in [6, 6.07) is 0.355. The van der Waals surface area contributed by atoms with Gasteiger partial charge in [0.05, 0.1) is 0 Å². The molecule has 14 heavy (non-hydrogen) atoms. The average molecular weight is 193 g/mol. The topological polar surface area (TPSA) is 26.0 Å². The molecule has 1 fully saturated rings. The summed E-state index contributed by atoms with van der Waals surface area (Å²) in [5, 5.41) is 0. The van der Waals surface area contributed by atoms with E-state index < -0.39 is 0 Å². The fourth-order valence-electron chi connectivity index (χ4n) is 2.96. The second-order valence-electron chi connectivity index (χ2n) is 5.09. The molecule has 80 valence electrons. The van der Waals surface area contributed by atoms with Crippen molar-refractivity contribution in [3.63, 3.8) is 0 Å². The van der Waals surface area contributed by atoms with E-state index in [1.54, 1.807) is 5.57 Å². The molecule has 2 rings (SSSR count). The van der Waals surface area contributed by atoms with Gasteiger partial charge in [-0.1, -0.05) is 43.8 Å². The van der Waals surface area contributed by atoms with E-state index in [1.165, 1.54) is 57.8 Å². The minimum absolute atomic E-state index is 0.355. The first-order valence-electron chi connectivity index (χ1n) is 6.30. The largest absolute Gasteiger partial charge is 0.324 e. The van der Waals surface area contributed by atoms with E-state index in [-0.39, 0.29) is 0 Å². The fraction of sp³-hybridized carbons (Fsp3) is 0.846. The Morgan fingerprint density at radius 1 is 1.07 bits per heavy atom. The van der Waals surface area contributed by atoms with Crippen molar-refractivity contribution in [1.29, 1.82) is 0 Å². The molecule has 0 heterocycles. The monoisotopic (exact) mass is 193 g/mol. The van der Waals surface area contributed by atoms with Crippen LogP contribution in [-0.2, 0) is 0 Å². The highest BCUT2D eigenvalue weighted by Gasteiger charge is 2.17. The molecular weight excluding hydrogens is 170 g/mol. The van der Waals surface area contributed by atoms with Crippen LogP contribution in [-0.4, -0.2) is 6.04 Å². The lowest BCUT2D eigenvalue weighted by Gasteiger charge is -2.12. The van der Waals surface area contributed by atoms with Crippen molar-refractivity contribution in [3.8, 4) is 0 Å². The first kappa shape index (κ1) is 10.2. The molecule has 0 aromatic heterocycles. The van der Waals surface area contributed by atoms with E-state index in [1.807, 2.05) is 0 Å². The van der Waals surface area contributed by atoms with E-state index in [9.17, 15) is 0 Å². The molecule has 0 aromatic rings. The number of hydrogen-bond acceptors (Lipinski definition) is 1. The highest BCUT2D eigenvalue weighted by molar-refractivity contribution is 5.09. The molecule has 2 aliphatic rings. The van der Waals surface area contributed by atoms with Crippen molar-refractivity contribution in [2.24, 2.45) is 11.7 Å². The summed E-state index contributed by atoms with van der Waals surface area (Å²) in [5.74, 6) is 0.992. The minimum Gasteiger partial charge on any atom is -0.324 e. The van der Waals surface area contributed by atoms with Crippen LogP contribution in [0.2, 0.25) is 0 Å². The minimum atomic E-state index is 0.355. The van der Waals surface area contributed by atoms with Gasteiger partial charge in [-0.25, -0.2) is 0 Å². The Hall–Kier alpha value is -0.300. The van der Waals surface area contributed by atoms with Gasteiger partial charge in [0, 0.05) is 6.04 Å². The molecule has 0 amide bonds. The zero-order valence-corrected chi connectivity index (χ0v) is 9.17. The van der Waals surface area contributed by atoms with Crippen molar-refractivity contribution in [2.45, 2.75) is 63.8 Å². The van der Waals surface area contributed by atoms with Gasteiger partial charge < -0.3 is 5.73 Å². The first-order valence-corrected chi connectivity index (χ1v) is 6.30. The van der Waals surface area contributed by atoms with Crippen molar-refractivity contribution in [3.05, 3.63) is 11.6 Å². The predicted octanol–water partition coefficient (Wildman–Crippen LogP) is 3.39. The molecular formula is C13H23N. The van der Waals surface area contributed by atoms with E-state index in [0.29, 0.717) is 6.04 Å². The molecule has 1 unspecified atom stereocenters. The molecule has 2 N–H and O–H groups in total. The molecule has 0 radical (unpaired) electrons. The second kappa shape index (κ2) is 4.97. The lowest BCUT2D eigenvalue weighted by Crippen LogP contribution is -2.16. The lowest BCUT2D eigenvalue weighted by molar-refractivity contribution is 0.531. The van der Waals surface area contributed by atoms with Gasteiger partial charge in [-0.05, 0) is 31.6 Å². The zero-order valence-electron chi connectivity index (χ0n) is 9.17. The van der Waals surface area contributed by atoms with Crippen LogP contribution in [0, 0.1) is 5.92 Å². The normalized spacial score (nSPS) is 30.1. The number of hydrogen-bond donors (Lipinski definition) is 1. The van der Waals surface area contributed by atoms with E-state index >= 15 is 0 Å². The summed E-state index contributed by atoms with van der Waals surface area (Å²) in [4.78, 5) is 0. The SMILES string of the molecule is NC1C=C(CC2CCCC2)CCCC1. The van der Waals surface area contributed by atoms with Crippen LogP contribution in [0.4, 0.5) is 0 Å². The number of allylic oxidation sites excluding steroid dienone is 1. The van der Waals surface area contributed by atoms with Gasteiger partial charge in [0.25, 0.3) is 0 Å². The van der Waals surface area contributed by atoms with Gasteiger partial charge in [-0.15, -0.1) is 0 Å². The Morgan fingerprint density at radius 3 is 2.57 bits per heavy atom. The van der Waals surface area contributed by atoms with Gasteiger partial charge in [-0.2, -0.15) is 0 Å². The lowest BCUT2D eigenvalue weighted by atomic mass is 9.95. The van der Waals surface area contributed by atoms with E-state index in [4.69, 9.17) is 5.73 Å².